The lowest BCUT2D eigenvalue weighted by Gasteiger charge is -2.41. The smallest absolute Gasteiger partial charge is 0.410 e. The summed E-state index contributed by atoms with van der Waals surface area (Å²) in [6.07, 6.45) is 0.720. The summed E-state index contributed by atoms with van der Waals surface area (Å²) >= 11 is 0. The van der Waals surface area contributed by atoms with E-state index in [1.165, 1.54) is 0 Å². The highest BCUT2D eigenvalue weighted by Crippen LogP contribution is 2.30. The zero-order valence-electron chi connectivity index (χ0n) is 25.2. The Bertz CT molecular complexity index is 1320. The van der Waals surface area contributed by atoms with Gasteiger partial charge < -0.3 is 33.6 Å². The van der Waals surface area contributed by atoms with Gasteiger partial charge in [0.25, 0.3) is 0 Å². The molecule has 0 N–H and O–H groups in total. The van der Waals surface area contributed by atoms with Gasteiger partial charge >= 0.3 is 12.2 Å². The molecule has 12 heteroatoms. The second-order valence-electron chi connectivity index (χ2n) is 12.0. The lowest BCUT2D eigenvalue weighted by molar-refractivity contribution is 0.0215. The van der Waals surface area contributed by atoms with Crippen molar-refractivity contribution >= 4 is 18.0 Å². The van der Waals surface area contributed by atoms with Gasteiger partial charge in [-0.1, -0.05) is 30.3 Å². The number of carbonyl (C=O) groups excluding carboxylic acids is 2. The minimum absolute atomic E-state index is 0.00760. The van der Waals surface area contributed by atoms with Crippen LogP contribution in [0.5, 0.6) is 0 Å². The Labute approximate surface area is 252 Å². The number of anilines is 1. The molecule has 1 aromatic heterocycles. The molecule has 43 heavy (non-hydrogen) atoms. The molecule has 4 heterocycles. The first kappa shape index (κ1) is 30.5. The molecule has 230 valence electrons. The topological polar surface area (TPSA) is 130 Å². The van der Waals surface area contributed by atoms with E-state index in [9.17, 15) is 14.9 Å². The number of rotatable bonds is 7. The van der Waals surface area contributed by atoms with Crippen molar-refractivity contribution < 1.29 is 28.5 Å². The van der Waals surface area contributed by atoms with Crippen LogP contribution in [0.15, 0.2) is 30.3 Å². The molecule has 2 saturated heterocycles. The van der Waals surface area contributed by atoms with E-state index in [0.29, 0.717) is 58.2 Å². The summed E-state index contributed by atoms with van der Waals surface area (Å²) in [4.78, 5) is 41.1. The van der Waals surface area contributed by atoms with E-state index < -0.39 is 11.7 Å². The largest absolute Gasteiger partial charge is 0.445 e. The number of carbonyl (C=O) groups is 2. The minimum Gasteiger partial charge on any atom is -0.445 e. The normalized spacial score (nSPS) is 20.4. The fraction of sp³-hybridized carbons (Fsp3) is 0.581. The van der Waals surface area contributed by atoms with Crippen molar-refractivity contribution in [1.29, 1.82) is 5.26 Å². The van der Waals surface area contributed by atoms with E-state index in [0.717, 1.165) is 29.1 Å². The van der Waals surface area contributed by atoms with Crippen LogP contribution >= 0.6 is 0 Å². The van der Waals surface area contributed by atoms with E-state index in [4.69, 9.17) is 28.9 Å². The average molecular weight is 593 g/mol. The molecule has 0 bridgehead atoms. The van der Waals surface area contributed by atoms with Gasteiger partial charge in [-0.05, 0) is 39.2 Å². The van der Waals surface area contributed by atoms with Crippen molar-refractivity contribution in [3.05, 3.63) is 53.0 Å². The van der Waals surface area contributed by atoms with Crippen molar-refractivity contribution in [2.24, 2.45) is 0 Å². The van der Waals surface area contributed by atoms with Gasteiger partial charge in [-0.25, -0.2) is 19.6 Å². The number of nitrogens with zero attached hydrogens (tertiary/aromatic N) is 6. The second-order valence-corrected chi connectivity index (χ2v) is 12.0. The number of nitriles is 1. The van der Waals surface area contributed by atoms with Crippen LogP contribution in [0.3, 0.4) is 0 Å². The number of hydrogen-bond acceptors (Lipinski definition) is 10. The van der Waals surface area contributed by atoms with Crippen LogP contribution in [0.25, 0.3) is 0 Å². The molecule has 2 amide bonds. The summed E-state index contributed by atoms with van der Waals surface area (Å²) in [7, 11) is 0. The molecule has 2 aromatic rings. The average Bonchev–Trinajstić information content (AvgIpc) is 3.52. The fourth-order valence-electron chi connectivity index (χ4n) is 5.48. The van der Waals surface area contributed by atoms with E-state index in [2.05, 4.69) is 11.0 Å². The third-order valence-corrected chi connectivity index (χ3v) is 7.63. The van der Waals surface area contributed by atoms with Crippen LogP contribution in [-0.2, 0) is 45.1 Å². The number of piperazine rings is 1. The number of fused-ring (bicyclic) bond motifs is 1. The van der Waals surface area contributed by atoms with E-state index in [-0.39, 0.29) is 37.9 Å². The Morgan fingerprint density at radius 3 is 2.63 bits per heavy atom. The Hall–Kier alpha value is -3.95. The second kappa shape index (κ2) is 13.6. The Kier molecular flexibility index (Phi) is 9.62. The molecule has 1 aromatic carbocycles. The third-order valence-electron chi connectivity index (χ3n) is 7.63. The SMILES string of the molecule is CC(C)(C)OC(=O)N1CCc2c(nc(CO[C@H]3CCOC3)nc2N2CCN(C(=O)OCc3ccccc3)[C@@H](CC#N)C2)C1. The van der Waals surface area contributed by atoms with Gasteiger partial charge in [-0.15, -0.1) is 0 Å². The summed E-state index contributed by atoms with van der Waals surface area (Å²) in [5, 5.41) is 9.61. The summed E-state index contributed by atoms with van der Waals surface area (Å²) in [5.41, 5.74) is 2.01. The Morgan fingerprint density at radius 1 is 1.09 bits per heavy atom. The number of hydrogen-bond donors (Lipinski definition) is 0. The fourth-order valence-corrected chi connectivity index (χ4v) is 5.48. The molecule has 0 saturated carbocycles. The van der Waals surface area contributed by atoms with Gasteiger partial charge in [-0.2, -0.15) is 5.26 Å². The van der Waals surface area contributed by atoms with Gasteiger partial charge in [0.05, 0.1) is 43.5 Å². The van der Waals surface area contributed by atoms with Crippen molar-refractivity contribution in [2.45, 2.75) is 77.5 Å². The molecule has 0 radical (unpaired) electrons. The quantitative estimate of drug-likeness (QED) is 0.468. The zero-order valence-corrected chi connectivity index (χ0v) is 25.2. The van der Waals surface area contributed by atoms with Gasteiger partial charge in [0.1, 0.15) is 24.6 Å². The maximum atomic E-state index is 13.1. The van der Waals surface area contributed by atoms with Crippen molar-refractivity contribution in [3.63, 3.8) is 0 Å². The van der Waals surface area contributed by atoms with Crippen LogP contribution < -0.4 is 4.90 Å². The molecule has 0 unspecified atom stereocenters. The van der Waals surface area contributed by atoms with Crippen LogP contribution in [0.2, 0.25) is 0 Å². The van der Waals surface area contributed by atoms with Crippen LogP contribution in [-0.4, -0.2) is 89.1 Å². The number of aromatic nitrogens is 2. The molecule has 2 atom stereocenters. The van der Waals surface area contributed by atoms with Gasteiger partial charge in [-0.3, -0.25) is 0 Å². The number of ether oxygens (including phenoxy) is 4. The molecular formula is C31H40N6O6. The first-order chi connectivity index (χ1) is 20.7. The Balaban J connectivity index is 1.34. The molecule has 2 fully saturated rings. The summed E-state index contributed by atoms with van der Waals surface area (Å²) in [6, 6.07) is 11.4. The summed E-state index contributed by atoms with van der Waals surface area (Å²) < 4.78 is 22.7. The highest BCUT2D eigenvalue weighted by Gasteiger charge is 2.35. The highest BCUT2D eigenvalue weighted by molar-refractivity contribution is 5.70. The van der Waals surface area contributed by atoms with E-state index in [1.54, 1.807) is 9.80 Å². The van der Waals surface area contributed by atoms with E-state index >= 15 is 0 Å². The van der Waals surface area contributed by atoms with Gasteiger partial charge in [0, 0.05) is 38.3 Å². The van der Waals surface area contributed by atoms with E-state index in [1.807, 2.05) is 51.1 Å². The minimum atomic E-state index is -0.603. The standard InChI is InChI=1S/C31H40N6O6/c1-31(2,3)43-29(38)36-13-10-25-26(18-36)33-27(21-41-24-11-16-40-20-24)34-28(25)35-14-15-37(23(17-35)9-12-32)30(39)42-19-22-7-5-4-6-8-22/h4-8,23-24H,9-11,13-21H2,1-3H3/t23-,24-/m0/s1. The highest BCUT2D eigenvalue weighted by atomic mass is 16.6. The molecular weight excluding hydrogens is 552 g/mol. The summed E-state index contributed by atoms with van der Waals surface area (Å²) in [6.45, 7) is 9.23. The van der Waals surface area contributed by atoms with Gasteiger partial charge in [0.2, 0.25) is 0 Å². The molecule has 0 aliphatic carbocycles. The maximum Gasteiger partial charge on any atom is 0.410 e. The lowest BCUT2D eigenvalue weighted by atomic mass is 10.0. The first-order valence-electron chi connectivity index (χ1n) is 14.9. The summed E-state index contributed by atoms with van der Waals surface area (Å²) in [5.74, 6) is 1.28. The number of benzene rings is 1. The maximum absolute atomic E-state index is 13.1. The molecule has 3 aliphatic heterocycles. The zero-order chi connectivity index (χ0) is 30.4. The monoisotopic (exact) mass is 592 g/mol. The van der Waals surface area contributed by atoms with Crippen LogP contribution in [0.4, 0.5) is 15.4 Å². The molecule has 3 aliphatic rings. The van der Waals surface area contributed by atoms with Crippen molar-refractivity contribution in [1.82, 2.24) is 19.8 Å². The van der Waals surface area contributed by atoms with Crippen molar-refractivity contribution in [2.75, 3.05) is 44.3 Å². The first-order valence-corrected chi connectivity index (χ1v) is 14.9. The lowest BCUT2D eigenvalue weighted by Crippen LogP contribution is -2.56. The third kappa shape index (κ3) is 7.91. The van der Waals surface area contributed by atoms with Crippen LogP contribution in [0.1, 0.15) is 56.3 Å². The van der Waals surface area contributed by atoms with Crippen molar-refractivity contribution in [3.8, 4) is 6.07 Å². The Morgan fingerprint density at radius 2 is 1.91 bits per heavy atom. The predicted molar refractivity (Wildman–Crippen MR) is 156 cm³/mol. The molecule has 12 nitrogen and oxygen atoms in total. The molecule has 5 rings (SSSR count). The molecule has 0 spiro atoms. The predicted octanol–water partition coefficient (Wildman–Crippen LogP) is 3.82. The van der Waals surface area contributed by atoms with Gasteiger partial charge in [0.15, 0.2) is 5.82 Å². The van der Waals surface area contributed by atoms with Crippen LogP contribution in [0, 0.1) is 11.3 Å². The number of amides is 2.